The van der Waals surface area contributed by atoms with Gasteiger partial charge in [0.05, 0.1) is 0 Å². The molecule has 0 atom stereocenters. The molecule has 0 amide bonds. The van der Waals surface area contributed by atoms with Crippen molar-refractivity contribution in [2.45, 2.75) is 79.6 Å². The lowest BCUT2D eigenvalue weighted by Gasteiger charge is -2.30. The molecule has 1 aromatic carbocycles. The number of aryl methyl sites for hydroxylation is 3. The highest BCUT2D eigenvalue weighted by Crippen LogP contribution is 2.42. The molecule has 146 valence electrons. The van der Waals surface area contributed by atoms with Crippen LogP contribution in [0.25, 0.3) is 0 Å². The minimum Gasteiger partial charge on any atom is -0.507 e. The third kappa shape index (κ3) is 4.45. The largest absolute Gasteiger partial charge is 0.507 e. The van der Waals surface area contributed by atoms with Crippen LogP contribution in [-0.2, 0) is 36.9 Å². The maximum atomic E-state index is 12.8. The van der Waals surface area contributed by atoms with Crippen molar-refractivity contribution in [1.82, 2.24) is 0 Å². The molecule has 3 heteroatoms. The van der Waals surface area contributed by atoms with Crippen LogP contribution in [0.2, 0.25) is 0 Å². The summed E-state index contributed by atoms with van der Waals surface area (Å²) in [5.41, 5.74) is 6.11. The molecule has 1 N–H and O–H groups in total. The molecule has 0 radical (unpaired) electrons. The van der Waals surface area contributed by atoms with E-state index in [4.69, 9.17) is 0 Å². The molecule has 0 spiro atoms. The SMILES string of the molecule is CCCc1sc(CC(=O)Cc2cc(C)c(O)c(C)c2)c2c1CC(C)(C)CC2. The van der Waals surface area contributed by atoms with Gasteiger partial charge in [0.25, 0.3) is 0 Å². The Labute approximate surface area is 167 Å². The van der Waals surface area contributed by atoms with Crippen LogP contribution in [0.5, 0.6) is 5.75 Å². The first kappa shape index (κ1) is 20.1. The summed E-state index contributed by atoms with van der Waals surface area (Å²) in [4.78, 5) is 15.6. The summed E-state index contributed by atoms with van der Waals surface area (Å²) in [5.74, 6) is 0.613. The van der Waals surface area contributed by atoms with E-state index in [2.05, 4.69) is 20.8 Å². The summed E-state index contributed by atoms with van der Waals surface area (Å²) in [6.07, 6.45) is 6.76. The van der Waals surface area contributed by atoms with E-state index < -0.39 is 0 Å². The summed E-state index contributed by atoms with van der Waals surface area (Å²) < 4.78 is 0. The Hall–Kier alpha value is -1.61. The Morgan fingerprint density at radius 3 is 2.41 bits per heavy atom. The van der Waals surface area contributed by atoms with Crippen molar-refractivity contribution in [2.75, 3.05) is 0 Å². The Balaban J connectivity index is 1.80. The van der Waals surface area contributed by atoms with E-state index in [-0.39, 0.29) is 5.78 Å². The third-order valence-corrected chi connectivity index (χ3v) is 7.11. The lowest BCUT2D eigenvalue weighted by Crippen LogP contribution is -2.22. The number of Topliss-reactive ketones (excluding diaryl/α,β-unsaturated/α-hetero) is 1. The predicted octanol–water partition coefficient (Wildman–Crippen LogP) is 5.89. The fraction of sp³-hybridized carbons (Fsp3) is 0.542. The molecular formula is C24H32O2S. The first-order chi connectivity index (χ1) is 12.7. The molecule has 0 aliphatic heterocycles. The fourth-order valence-corrected chi connectivity index (χ4v) is 5.83. The fourth-order valence-electron chi connectivity index (χ4n) is 4.32. The maximum Gasteiger partial charge on any atom is 0.142 e. The first-order valence-corrected chi connectivity index (χ1v) is 10.9. The van der Waals surface area contributed by atoms with Crippen molar-refractivity contribution in [3.05, 3.63) is 49.7 Å². The molecule has 3 rings (SSSR count). The monoisotopic (exact) mass is 384 g/mol. The number of fused-ring (bicyclic) bond motifs is 1. The number of ketones is 1. The molecule has 1 aromatic heterocycles. The van der Waals surface area contributed by atoms with Gasteiger partial charge in [-0.2, -0.15) is 0 Å². The first-order valence-electron chi connectivity index (χ1n) is 10.1. The van der Waals surface area contributed by atoms with Crippen LogP contribution in [0, 0.1) is 19.3 Å². The Morgan fingerprint density at radius 2 is 1.78 bits per heavy atom. The summed E-state index contributed by atoms with van der Waals surface area (Å²) in [7, 11) is 0. The molecule has 0 fully saturated rings. The van der Waals surface area contributed by atoms with Crippen LogP contribution in [0.15, 0.2) is 12.1 Å². The van der Waals surface area contributed by atoms with Gasteiger partial charge in [-0.1, -0.05) is 39.3 Å². The molecule has 27 heavy (non-hydrogen) atoms. The quantitative estimate of drug-likeness (QED) is 0.674. The second kappa shape index (κ2) is 7.79. The van der Waals surface area contributed by atoms with Gasteiger partial charge in [-0.25, -0.2) is 0 Å². The van der Waals surface area contributed by atoms with E-state index >= 15 is 0 Å². The van der Waals surface area contributed by atoms with Gasteiger partial charge in [0.2, 0.25) is 0 Å². The molecule has 2 aromatic rings. The van der Waals surface area contributed by atoms with E-state index in [0.717, 1.165) is 42.4 Å². The minimum absolute atomic E-state index is 0.274. The van der Waals surface area contributed by atoms with Gasteiger partial charge in [-0.15, -0.1) is 11.3 Å². The van der Waals surface area contributed by atoms with E-state index in [1.165, 1.54) is 21.7 Å². The second-order valence-electron chi connectivity index (χ2n) is 8.97. The smallest absolute Gasteiger partial charge is 0.142 e. The number of thiophene rings is 1. The number of hydrogen-bond acceptors (Lipinski definition) is 3. The summed E-state index contributed by atoms with van der Waals surface area (Å²) in [6, 6.07) is 3.88. The molecule has 1 aliphatic rings. The number of phenolic OH excluding ortho intramolecular Hbond substituents is 1. The third-order valence-electron chi connectivity index (χ3n) is 5.78. The zero-order valence-electron chi connectivity index (χ0n) is 17.4. The van der Waals surface area contributed by atoms with Gasteiger partial charge < -0.3 is 5.11 Å². The van der Waals surface area contributed by atoms with Crippen LogP contribution in [0.3, 0.4) is 0 Å². The lowest BCUT2D eigenvalue weighted by atomic mass is 9.74. The molecule has 0 saturated heterocycles. The highest BCUT2D eigenvalue weighted by molar-refractivity contribution is 7.12. The molecule has 2 nitrogen and oxygen atoms in total. The topological polar surface area (TPSA) is 37.3 Å². The van der Waals surface area contributed by atoms with Crippen LogP contribution in [-0.4, -0.2) is 10.9 Å². The number of aromatic hydroxyl groups is 1. The summed E-state index contributed by atoms with van der Waals surface area (Å²) >= 11 is 1.89. The average Bonchev–Trinajstić information content (AvgIpc) is 2.88. The second-order valence-corrected chi connectivity index (χ2v) is 10.2. The van der Waals surface area contributed by atoms with Crippen LogP contribution < -0.4 is 0 Å². The summed E-state index contributed by atoms with van der Waals surface area (Å²) in [6.45, 7) is 10.8. The Bertz CT molecular complexity index is 835. The average molecular weight is 385 g/mol. The van der Waals surface area contributed by atoms with Crippen molar-refractivity contribution in [3.63, 3.8) is 0 Å². The van der Waals surface area contributed by atoms with E-state index in [1.807, 2.05) is 37.3 Å². The minimum atomic E-state index is 0.274. The molecule has 1 aliphatic carbocycles. The highest BCUT2D eigenvalue weighted by Gasteiger charge is 2.30. The molecular weight excluding hydrogens is 352 g/mol. The number of benzene rings is 1. The standard InChI is InChI=1S/C24H32O2S/c1-6-7-21-20-14-24(4,5)9-8-19(20)22(27-21)13-18(25)12-17-10-15(2)23(26)16(3)11-17/h10-11,26H,6-9,12-14H2,1-5H3. The van der Waals surface area contributed by atoms with Crippen molar-refractivity contribution in [2.24, 2.45) is 5.41 Å². The van der Waals surface area contributed by atoms with Gasteiger partial charge in [0, 0.05) is 22.6 Å². The highest BCUT2D eigenvalue weighted by atomic mass is 32.1. The number of hydrogen-bond donors (Lipinski definition) is 1. The molecule has 0 bridgehead atoms. The van der Waals surface area contributed by atoms with Crippen molar-refractivity contribution in [1.29, 1.82) is 0 Å². The van der Waals surface area contributed by atoms with Crippen LogP contribution >= 0.6 is 11.3 Å². The zero-order valence-corrected chi connectivity index (χ0v) is 18.2. The predicted molar refractivity (Wildman–Crippen MR) is 114 cm³/mol. The number of phenols is 1. The zero-order chi connectivity index (χ0) is 19.8. The summed E-state index contributed by atoms with van der Waals surface area (Å²) in [5, 5.41) is 9.94. The van der Waals surface area contributed by atoms with E-state index in [1.54, 1.807) is 5.56 Å². The number of carbonyl (C=O) groups excluding carboxylic acids is 1. The van der Waals surface area contributed by atoms with Crippen molar-refractivity contribution >= 4 is 17.1 Å². The maximum absolute atomic E-state index is 12.8. The lowest BCUT2D eigenvalue weighted by molar-refractivity contribution is -0.117. The Morgan fingerprint density at radius 1 is 1.11 bits per heavy atom. The molecule has 0 saturated carbocycles. The van der Waals surface area contributed by atoms with Gasteiger partial charge >= 0.3 is 0 Å². The van der Waals surface area contributed by atoms with Gasteiger partial charge in [0.1, 0.15) is 11.5 Å². The van der Waals surface area contributed by atoms with E-state index in [0.29, 0.717) is 24.0 Å². The van der Waals surface area contributed by atoms with E-state index in [9.17, 15) is 9.90 Å². The normalized spacial score (nSPS) is 15.6. The van der Waals surface area contributed by atoms with Crippen LogP contribution in [0.1, 0.15) is 71.2 Å². The van der Waals surface area contributed by atoms with Gasteiger partial charge in [-0.3, -0.25) is 4.79 Å². The number of rotatable bonds is 6. The number of carbonyl (C=O) groups is 1. The van der Waals surface area contributed by atoms with Crippen LogP contribution in [0.4, 0.5) is 0 Å². The van der Waals surface area contributed by atoms with Gasteiger partial charge in [-0.05, 0) is 72.8 Å². The van der Waals surface area contributed by atoms with Crippen molar-refractivity contribution in [3.8, 4) is 5.75 Å². The Kier molecular flexibility index (Phi) is 5.81. The molecule has 0 unspecified atom stereocenters. The van der Waals surface area contributed by atoms with Gasteiger partial charge in [0.15, 0.2) is 0 Å². The van der Waals surface area contributed by atoms with Crippen molar-refractivity contribution < 1.29 is 9.90 Å². The molecule has 1 heterocycles.